The predicted molar refractivity (Wildman–Crippen MR) is 86.5 cm³/mol. The van der Waals surface area contributed by atoms with Crippen LogP contribution in [0.25, 0.3) is 6.08 Å². The van der Waals surface area contributed by atoms with Crippen LogP contribution in [0.4, 0.5) is 0 Å². The standard InChI is InChI=1S/C18H23NO/c1-5-13-19(14-6-2)18(20)12-9-16-7-10-17(11-8-16)15(3)4/h5-12,15H,1-2,13-14H2,3-4H3. The van der Waals surface area contributed by atoms with Crippen LogP contribution in [-0.2, 0) is 4.79 Å². The fourth-order valence-electron chi connectivity index (χ4n) is 1.83. The molecule has 0 atom stereocenters. The van der Waals surface area contributed by atoms with Crippen molar-refractivity contribution in [1.82, 2.24) is 4.90 Å². The molecule has 0 aromatic heterocycles. The minimum Gasteiger partial charge on any atom is -0.332 e. The number of carbonyl (C=O) groups excluding carboxylic acids is 1. The molecule has 1 rings (SSSR count). The van der Waals surface area contributed by atoms with E-state index in [0.29, 0.717) is 19.0 Å². The molecule has 2 nitrogen and oxygen atoms in total. The van der Waals surface area contributed by atoms with Crippen molar-refractivity contribution in [2.24, 2.45) is 0 Å². The number of amides is 1. The van der Waals surface area contributed by atoms with Crippen LogP contribution in [-0.4, -0.2) is 23.9 Å². The lowest BCUT2D eigenvalue weighted by molar-refractivity contribution is -0.124. The van der Waals surface area contributed by atoms with Crippen LogP contribution >= 0.6 is 0 Å². The molecule has 0 saturated heterocycles. The van der Waals surface area contributed by atoms with E-state index < -0.39 is 0 Å². The molecule has 20 heavy (non-hydrogen) atoms. The van der Waals surface area contributed by atoms with Gasteiger partial charge in [-0.05, 0) is 23.1 Å². The molecule has 0 unspecified atom stereocenters. The van der Waals surface area contributed by atoms with Crippen molar-refractivity contribution in [2.45, 2.75) is 19.8 Å². The number of nitrogens with zero attached hydrogens (tertiary/aromatic N) is 1. The summed E-state index contributed by atoms with van der Waals surface area (Å²) in [7, 11) is 0. The Labute approximate surface area is 122 Å². The number of carbonyl (C=O) groups is 1. The smallest absolute Gasteiger partial charge is 0.247 e. The minimum atomic E-state index is -0.0299. The summed E-state index contributed by atoms with van der Waals surface area (Å²) < 4.78 is 0. The molecule has 0 radical (unpaired) electrons. The summed E-state index contributed by atoms with van der Waals surface area (Å²) in [4.78, 5) is 13.7. The summed E-state index contributed by atoms with van der Waals surface area (Å²) in [6.07, 6.45) is 6.86. The Hall–Kier alpha value is -2.09. The molecule has 2 heteroatoms. The normalized spacial score (nSPS) is 10.8. The van der Waals surface area contributed by atoms with Gasteiger partial charge in [-0.2, -0.15) is 0 Å². The van der Waals surface area contributed by atoms with E-state index in [4.69, 9.17) is 0 Å². The summed E-state index contributed by atoms with van der Waals surface area (Å²) in [6.45, 7) is 12.7. The molecule has 0 aliphatic carbocycles. The first-order valence-corrected chi connectivity index (χ1v) is 6.87. The number of rotatable bonds is 7. The van der Waals surface area contributed by atoms with Crippen LogP contribution in [0.2, 0.25) is 0 Å². The first-order valence-electron chi connectivity index (χ1n) is 6.87. The monoisotopic (exact) mass is 269 g/mol. The van der Waals surface area contributed by atoms with Crippen LogP contribution in [0.5, 0.6) is 0 Å². The van der Waals surface area contributed by atoms with E-state index in [1.807, 2.05) is 18.2 Å². The highest BCUT2D eigenvalue weighted by Crippen LogP contribution is 2.15. The molecule has 106 valence electrons. The van der Waals surface area contributed by atoms with Crippen molar-refractivity contribution >= 4 is 12.0 Å². The van der Waals surface area contributed by atoms with Gasteiger partial charge in [-0.25, -0.2) is 0 Å². The Morgan fingerprint density at radius 3 is 2.15 bits per heavy atom. The van der Waals surface area contributed by atoms with E-state index >= 15 is 0 Å². The molecular weight excluding hydrogens is 246 g/mol. The van der Waals surface area contributed by atoms with Gasteiger partial charge < -0.3 is 4.90 Å². The Kier molecular flexibility index (Phi) is 6.51. The zero-order chi connectivity index (χ0) is 15.0. The average Bonchev–Trinajstić information content (AvgIpc) is 2.45. The highest BCUT2D eigenvalue weighted by molar-refractivity contribution is 5.92. The van der Waals surface area contributed by atoms with Crippen molar-refractivity contribution in [3.8, 4) is 0 Å². The van der Waals surface area contributed by atoms with E-state index in [1.165, 1.54) is 5.56 Å². The summed E-state index contributed by atoms with van der Waals surface area (Å²) in [5.74, 6) is 0.489. The highest BCUT2D eigenvalue weighted by atomic mass is 16.2. The van der Waals surface area contributed by atoms with Crippen LogP contribution < -0.4 is 0 Å². The van der Waals surface area contributed by atoms with Crippen molar-refractivity contribution in [3.05, 3.63) is 66.8 Å². The molecule has 0 heterocycles. The SMILES string of the molecule is C=CCN(CC=C)C(=O)C=Cc1ccc(C(C)C)cc1. The van der Waals surface area contributed by atoms with Crippen molar-refractivity contribution in [3.63, 3.8) is 0 Å². The predicted octanol–water partition coefficient (Wildman–Crippen LogP) is 4.02. The van der Waals surface area contributed by atoms with Crippen molar-refractivity contribution in [1.29, 1.82) is 0 Å². The summed E-state index contributed by atoms with van der Waals surface area (Å²) in [6, 6.07) is 8.26. The van der Waals surface area contributed by atoms with Gasteiger partial charge in [-0.15, -0.1) is 13.2 Å². The summed E-state index contributed by atoms with van der Waals surface area (Å²) >= 11 is 0. The lowest BCUT2D eigenvalue weighted by Gasteiger charge is -2.16. The lowest BCUT2D eigenvalue weighted by atomic mass is 10.0. The van der Waals surface area contributed by atoms with E-state index in [-0.39, 0.29) is 5.91 Å². The first kappa shape index (κ1) is 16.0. The number of hydrogen-bond acceptors (Lipinski definition) is 1. The maximum absolute atomic E-state index is 12.0. The second kappa shape index (κ2) is 8.16. The molecule has 0 aliphatic rings. The van der Waals surface area contributed by atoms with E-state index in [0.717, 1.165) is 5.56 Å². The molecule has 1 aromatic rings. The number of benzene rings is 1. The zero-order valence-corrected chi connectivity index (χ0v) is 12.4. The van der Waals surface area contributed by atoms with Crippen LogP contribution in [0.15, 0.2) is 55.7 Å². The Morgan fingerprint density at radius 1 is 1.15 bits per heavy atom. The topological polar surface area (TPSA) is 20.3 Å². The van der Waals surface area contributed by atoms with Gasteiger partial charge in [0, 0.05) is 19.2 Å². The maximum Gasteiger partial charge on any atom is 0.247 e. The Balaban J connectivity index is 2.72. The van der Waals surface area contributed by atoms with Gasteiger partial charge in [0.2, 0.25) is 5.91 Å². The first-order chi connectivity index (χ1) is 9.58. The van der Waals surface area contributed by atoms with Crippen molar-refractivity contribution in [2.75, 3.05) is 13.1 Å². The van der Waals surface area contributed by atoms with E-state index in [2.05, 4.69) is 39.1 Å². The second-order valence-corrected chi connectivity index (χ2v) is 4.98. The molecule has 0 saturated carbocycles. The quantitative estimate of drug-likeness (QED) is 0.540. The van der Waals surface area contributed by atoms with E-state index in [9.17, 15) is 4.79 Å². The molecule has 0 N–H and O–H groups in total. The Morgan fingerprint density at radius 2 is 1.70 bits per heavy atom. The Bertz CT molecular complexity index is 473. The molecule has 0 bridgehead atoms. The highest BCUT2D eigenvalue weighted by Gasteiger charge is 2.06. The third-order valence-electron chi connectivity index (χ3n) is 3.03. The fraction of sp³-hybridized carbons (Fsp3) is 0.278. The summed E-state index contributed by atoms with van der Waals surface area (Å²) in [5, 5.41) is 0. The zero-order valence-electron chi connectivity index (χ0n) is 12.4. The molecule has 0 fully saturated rings. The molecule has 0 aliphatic heterocycles. The van der Waals surface area contributed by atoms with Crippen LogP contribution in [0, 0.1) is 0 Å². The third-order valence-corrected chi connectivity index (χ3v) is 3.03. The maximum atomic E-state index is 12.0. The van der Waals surface area contributed by atoms with Gasteiger partial charge in [0.15, 0.2) is 0 Å². The number of hydrogen-bond donors (Lipinski definition) is 0. The largest absolute Gasteiger partial charge is 0.332 e. The molecule has 1 amide bonds. The van der Waals surface area contributed by atoms with Gasteiger partial charge in [-0.3, -0.25) is 4.79 Å². The van der Waals surface area contributed by atoms with Gasteiger partial charge >= 0.3 is 0 Å². The van der Waals surface area contributed by atoms with Gasteiger partial charge in [0.25, 0.3) is 0 Å². The van der Waals surface area contributed by atoms with Crippen LogP contribution in [0.1, 0.15) is 30.9 Å². The average molecular weight is 269 g/mol. The molecular formula is C18H23NO. The van der Waals surface area contributed by atoms with Gasteiger partial charge in [0.1, 0.15) is 0 Å². The minimum absolute atomic E-state index is 0.0299. The van der Waals surface area contributed by atoms with Gasteiger partial charge in [-0.1, -0.05) is 50.3 Å². The molecule has 1 aromatic carbocycles. The lowest BCUT2D eigenvalue weighted by Crippen LogP contribution is -2.29. The van der Waals surface area contributed by atoms with Gasteiger partial charge in [0.05, 0.1) is 0 Å². The van der Waals surface area contributed by atoms with Crippen LogP contribution in [0.3, 0.4) is 0 Å². The molecule has 0 spiro atoms. The third kappa shape index (κ3) is 4.88. The second-order valence-electron chi connectivity index (χ2n) is 4.98. The summed E-state index contributed by atoms with van der Waals surface area (Å²) in [5.41, 5.74) is 2.33. The fourth-order valence-corrected chi connectivity index (χ4v) is 1.83. The van der Waals surface area contributed by atoms with E-state index in [1.54, 1.807) is 23.1 Å². The van der Waals surface area contributed by atoms with Crippen molar-refractivity contribution < 1.29 is 4.79 Å².